The Labute approximate surface area is 89.2 Å². The van der Waals surface area contributed by atoms with Gasteiger partial charge in [0.15, 0.2) is 0 Å². The largest absolute Gasteiger partial charge is 0.348 e. The molecule has 1 aliphatic carbocycles. The first-order chi connectivity index (χ1) is 6.58. The summed E-state index contributed by atoms with van der Waals surface area (Å²) in [5.41, 5.74) is 0. The third kappa shape index (κ3) is 1.97. The summed E-state index contributed by atoms with van der Waals surface area (Å²) < 4.78 is 26.0. The van der Waals surface area contributed by atoms with Crippen LogP contribution in [0.4, 0.5) is 8.78 Å². The van der Waals surface area contributed by atoms with Crippen molar-refractivity contribution >= 4 is 15.9 Å². The number of aromatic nitrogens is 2. The number of H-pyrrole nitrogens is 1. The van der Waals surface area contributed by atoms with E-state index in [-0.39, 0.29) is 23.6 Å². The molecule has 1 aromatic heterocycles. The fourth-order valence-corrected chi connectivity index (χ4v) is 2.85. The number of alkyl halides is 3. The van der Waals surface area contributed by atoms with Gasteiger partial charge in [-0.1, -0.05) is 15.9 Å². The van der Waals surface area contributed by atoms with Gasteiger partial charge in [-0.05, 0) is 6.42 Å². The van der Waals surface area contributed by atoms with Gasteiger partial charge in [0.1, 0.15) is 5.82 Å². The van der Waals surface area contributed by atoms with Gasteiger partial charge in [-0.15, -0.1) is 0 Å². The van der Waals surface area contributed by atoms with Crippen LogP contribution >= 0.6 is 15.9 Å². The van der Waals surface area contributed by atoms with Crippen molar-refractivity contribution in [3.8, 4) is 0 Å². The molecule has 0 aliphatic heterocycles. The maximum atomic E-state index is 13.0. The summed E-state index contributed by atoms with van der Waals surface area (Å²) in [4.78, 5) is 6.90. The van der Waals surface area contributed by atoms with E-state index >= 15 is 0 Å². The van der Waals surface area contributed by atoms with Crippen LogP contribution in [0.5, 0.6) is 0 Å². The van der Waals surface area contributed by atoms with E-state index in [4.69, 9.17) is 0 Å². The standard InChI is InChI=1S/C9H11BrF2N2/c10-7-5-9(11,12)2-1-6(7)8-13-3-4-14-8/h3-4,6-7H,1-2,5H2,(H,13,14)/t6-,7?/m0/s1. The summed E-state index contributed by atoms with van der Waals surface area (Å²) in [5.74, 6) is -1.62. The van der Waals surface area contributed by atoms with Crippen LogP contribution in [-0.2, 0) is 0 Å². The van der Waals surface area contributed by atoms with Crippen molar-refractivity contribution in [3.05, 3.63) is 18.2 Å². The summed E-state index contributed by atoms with van der Waals surface area (Å²) in [6, 6.07) is 0. The number of imidazole rings is 1. The summed E-state index contributed by atoms with van der Waals surface area (Å²) in [5, 5.41) is 0. The lowest BCUT2D eigenvalue weighted by Crippen LogP contribution is -2.32. The molecule has 1 aliphatic rings. The van der Waals surface area contributed by atoms with E-state index < -0.39 is 5.92 Å². The SMILES string of the molecule is FC1(F)CC[C@H](c2ncc[nH]2)C(Br)C1. The molecule has 1 aromatic rings. The highest BCUT2D eigenvalue weighted by molar-refractivity contribution is 9.09. The quantitative estimate of drug-likeness (QED) is 0.776. The van der Waals surface area contributed by atoms with Crippen molar-refractivity contribution in [1.29, 1.82) is 0 Å². The molecule has 0 saturated heterocycles. The lowest BCUT2D eigenvalue weighted by Gasteiger charge is -2.31. The van der Waals surface area contributed by atoms with E-state index in [0.29, 0.717) is 6.42 Å². The molecule has 0 amide bonds. The highest BCUT2D eigenvalue weighted by Crippen LogP contribution is 2.43. The first-order valence-electron chi connectivity index (χ1n) is 4.60. The smallest absolute Gasteiger partial charge is 0.249 e. The van der Waals surface area contributed by atoms with Gasteiger partial charge in [-0.2, -0.15) is 0 Å². The molecular formula is C9H11BrF2N2. The molecule has 1 fully saturated rings. The maximum Gasteiger partial charge on any atom is 0.249 e. The van der Waals surface area contributed by atoms with Crippen molar-refractivity contribution in [2.75, 3.05) is 0 Å². The molecule has 5 heteroatoms. The number of halogens is 3. The zero-order valence-electron chi connectivity index (χ0n) is 7.51. The average Bonchev–Trinajstić information content (AvgIpc) is 2.54. The van der Waals surface area contributed by atoms with Gasteiger partial charge in [-0.3, -0.25) is 0 Å². The van der Waals surface area contributed by atoms with Crippen LogP contribution < -0.4 is 0 Å². The van der Waals surface area contributed by atoms with Crippen molar-refractivity contribution in [2.45, 2.75) is 35.9 Å². The Morgan fingerprint density at radius 2 is 2.36 bits per heavy atom. The van der Waals surface area contributed by atoms with Crippen molar-refractivity contribution < 1.29 is 8.78 Å². The number of rotatable bonds is 1. The van der Waals surface area contributed by atoms with Gasteiger partial charge < -0.3 is 4.98 Å². The lowest BCUT2D eigenvalue weighted by molar-refractivity contribution is -0.0355. The summed E-state index contributed by atoms with van der Waals surface area (Å²) in [6.07, 6.45) is 3.72. The Balaban J connectivity index is 2.10. The minimum Gasteiger partial charge on any atom is -0.348 e. The maximum absolute atomic E-state index is 13.0. The molecule has 1 heterocycles. The minimum absolute atomic E-state index is 0.0412. The summed E-state index contributed by atoms with van der Waals surface area (Å²) >= 11 is 3.31. The van der Waals surface area contributed by atoms with Gasteiger partial charge >= 0.3 is 0 Å². The monoisotopic (exact) mass is 264 g/mol. The van der Waals surface area contributed by atoms with Gasteiger partial charge in [0.2, 0.25) is 5.92 Å². The number of nitrogens with zero attached hydrogens (tertiary/aromatic N) is 1. The lowest BCUT2D eigenvalue weighted by atomic mass is 9.86. The van der Waals surface area contributed by atoms with Crippen molar-refractivity contribution in [3.63, 3.8) is 0 Å². The van der Waals surface area contributed by atoms with Crippen LogP contribution in [0.3, 0.4) is 0 Å². The Kier molecular flexibility index (Phi) is 2.60. The third-order valence-corrected chi connectivity index (χ3v) is 3.58. The van der Waals surface area contributed by atoms with Gasteiger partial charge in [0, 0.05) is 36.0 Å². The van der Waals surface area contributed by atoms with Crippen LogP contribution in [0, 0.1) is 0 Å². The van der Waals surface area contributed by atoms with E-state index in [1.807, 2.05) is 0 Å². The second kappa shape index (κ2) is 3.61. The van der Waals surface area contributed by atoms with Crippen LogP contribution in [0.15, 0.2) is 12.4 Å². The molecule has 0 radical (unpaired) electrons. The highest BCUT2D eigenvalue weighted by atomic mass is 79.9. The van der Waals surface area contributed by atoms with E-state index in [9.17, 15) is 8.78 Å². The number of hydrogen-bond donors (Lipinski definition) is 1. The first-order valence-corrected chi connectivity index (χ1v) is 5.51. The molecule has 0 aromatic carbocycles. The molecule has 2 rings (SSSR count). The van der Waals surface area contributed by atoms with Crippen LogP contribution in [0.1, 0.15) is 31.0 Å². The van der Waals surface area contributed by atoms with E-state index in [2.05, 4.69) is 25.9 Å². The van der Waals surface area contributed by atoms with E-state index in [1.54, 1.807) is 12.4 Å². The molecule has 0 spiro atoms. The predicted molar refractivity (Wildman–Crippen MR) is 52.8 cm³/mol. The Hall–Kier alpha value is -0.450. The molecular weight excluding hydrogens is 254 g/mol. The van der Waals surface area contributed by atoms with Gasteiger partial charge in [-0.25, -0.2) is 13.8 Å². The third-order valence-electron chi connectivity index (χ3n) is 2.62. The first kappa shape index (κ1) is 10.1. The molecule has 1 N–H and O–H groups in total. The Bertz CT molecular complexity index is 300. The number of hydrogen-bond acceptors (Lipinski definition) is 1. The number of aromatic amines is 1. The van der Waals surface area contributed by atoms with E-state index in [0.717, 1.165) is 5.82 Å². The van der Waals surface area contributed by atoms with E-state index in [1.165, 1.54) is 0 Å². The van der Waals surface area contributed by atoms with Gasteiger partial charge in [0.25, 0.3) is 0 Å². The molecule has 1 saturated carbocycles. The molecule has 0 bridgehead atoms. The zero-order chi connectivity index (χ0) is 10.2. The molecule has 14 heavy (non-hydrogen) atoms. The van der Waals surface area contributed by atoms with Crippen LogP contribution in [0.25, 0.3) is 0 Å². The zero-order valence-corrected chi connectivity index (χ0v) is 9.10. The topological polar surface area (TPSA) is 28.7 Å². The molecule has 2 nitrogen and oxygen atoms in total. The minimum atomic E-state index is -2.52. The predicted octanol–water partition coefficient (Wildman–Crippen LogP) is 3.08. The average molecular weight is 265 g/mol. The van der Waals surface area contributed by atoms with Crippen LogP contribution in [-0.4, -0.2) is 20.7 Å². The Morgan fingerprint density at radius 1 is 1.57 bits per heavy atom. The normalized spacial score (nSPS) is 31.6. The fraction of sp³-hybridized carbons (Fsp3) is 0.667. The molecule has 2 atom stereocenters. The second-order valence-electron chi connectivity index (χ2n) is 3.70. The summed E-state index contributed by atoms with van der Waals surface area (Å²) in [7, 11) is 0. The van der Waals surface area contributed by atoms with Crippen molar-refractivity contribution in [2.24, 2.45) is 0 Å². The van der Waals surface area contributed by atoms with Gasteiger partial charge in [0.05, 0.1) is 0 Å². The summed E-state index contributed by atoms with van der Waals surface area (Å²) in [6.45, 7) is 0. The fourth-order valence-electron chi connectivity index (χ4n) is 1.87. The Morgan fingerprint density at radius 3 is 2.93 bits per heavy atom. The number of nitrogens with one attached hydrogen (secondary N) is 1. The van der Waals surface area contributed by atoms with Crippen molar-refractivity contribution in [1.82, 2.24) is 9.97 Å². The molecule has 78 valence electrons. The molecule has 1 unspecified atom stereocenters. The van der Waals surface area contributed by atoms with Crippen LogP contribution in [0.2, 0.25) is 0 Å². The highest BCUT2D eigenvalue weighted by Gasteiger charge is 2.41. The second-order valence-corrected chi connectivity index (χ2v) is 4.87.